The molecule has 0 aromatic heterocycles. The van der Waals surface area contributed by atoms with Gasteiger partial charge in [-0.15, -0.1) is 0 Å². The molecule has 1 aliphatic heterocycles. The molecule has 0 spiro atoms. The molecule has 0 aliphatic carbocycles. The van der Waals surface area contributed by atoms with E-state index in [-0.39, 0.29) is 42.6 Å². The molecule has 130 valence electrons. The van der Waals surface area contributed by atoms with E-state index in [4.69, 9.17) is 0 Å². The van der Waals surface area contributed by atoms with Crippen molar-refractivity contribution in [3.05, 3.63) is 35.9 Å². The SMILES string of the molecule is CC(C)NC(=O)CNC(=O)C1CC(=O)N(CCc2ccccc2)C1. The molecule has 2 N–H and O–H groups in total. The average molecular weight is 331 g/mol. The maximum Gasteiger partial charge on any atom is 0.239 e. The molecule has 1 aromatic carbocycles. The summed E-state index contributed by atoms with van der Waals surface area (Å²) in [7, 11) is 0. The Morgan fingerprint density at radius 1 is 1.25 bits per heavy atom. The molecule has 6 heteroatoms. The Bertz CT molecular complexity index is 586. The second kappa shape index (κ2) is 8.47. The van der Waals surface area contributed by atoms with Gasteiger partial charge in [0.05, 0.1) is 12.5 Å². The fourth-order valence-electron chi connectivity index (χ4n) is 2.76. The Hall–Kier alpha value is -2.37. The van der Waals surface area contributed by atoms with E-state index in [0.717, 1.165) is 6.42 Å². The monoisotopic (exact) mass is 331 g/mol. The summed E-state index contributed by atoms with van der Waals surface area (Å²) in [5.41, 5.74) is 1.17. The van der Waals surface area contributed by atoms with Gasteiger partial charge >= 0.3 is 0 Å². The number of hydrogen-bond donors (Lipinski definition) is 2. The van der Waals surface area contributed by atoms with Crippen LogP contribution in [0.4, 0.5) is 0 Å². The van der Waals surface area contributed by atoms with Crippen LogP contribution in [-0.2, 0) is 20.8 Å². The highest BCUT2D eigenvalue weighted by Gasteiger charge is 2.33. The van der Waals surface area contributed by atoms with Gasteiger partial charge in [-0.05, 0) is 25.8 Å². The molecule has 0 radical (unpaired) electrons. The molecule has 1 aliphatic rings. The predicted octanol–water partition coefficient (Wildman–Crippen LogP) is 0.718. The van der Waals surface area contributed by atoms with Gasteiger partial charge in [0.25, 0.3) is 0 Å². The Morgan fingerprint density at radius 2 is 1.96 bits per heavy atom. The number of carbonyl (C=O) groups excluding carboxylic acids is 3. The fraction of sp³-hybridized carbons (Fsp3) is 0.500. The zero-order valence-corrected chi connectivity index (χ0v) is 14.2. The quantitative estimate of drug-likeness (QED) is 0.773. The number of likely N-dealkylation sites (tertiary alicyclic amines) is 1. The number of amides is 3. The minimum atomic E-state index is -0.375. The molecule has 0 saturated carbocycles. The molecule has 0 bridgehead atoms. The maximum absolute atomic E-state index is 12.1. The lowest BCUT2D eigenvalue weighted by Crippen LogP contribution is -2.42. The second-order valence-corrected chi connectivity index (χ2v) is 6.42. The number of nitrogens with one attached hydrogen (secondary N) is 2. The van der Waals surface area contributed by atoms with Gasteiger partial charge in [0.1, 0.15) is 0 Å². The van der Waals surface area contributed by atoms with Crippen LogP contribution in [-0.4, -0.2) is 48.3 Å². The lowest BCUT2D eigenvalue weighted by Gasteiger charge is -2.16. The van der Waals surface area contributed by atoms with Crippen molar-refractivity contribution in [1.82, 2.24) is 15.5 Å². The van der Waals surface area contributed by atoms with Crippen LogP contribution in [0.25, 0.3) is 0 Å². The minimum Gasteiger partial charge on any atom is -0.352 e. The number of hydrogen-bond acceptors (Lipinski definition) is 3. The zero-order chi connectivity index (χ0) is 17.5. The van der Waals surface area contributed by atoms with E-state index in [2.05, 4.69) is 10.6 Å². The van der Waals surface area contributed by atoms with Gasteiger partial charge in [-0.3, -0.25) is 14.4 Å². The summed E-state index contributed by atoms with van der Waals surface area (Å²) in [6, 6.07) is 9.99. The minimum absolute atomic E-state index is 0.00212. The normalized spacial score (nSPS) is 17.2. The van der Waals surface area contributed by atoms with E-state index in [1.807, 2.05) is 44.2 Å². The average Bonchev–Trinajstić information content (AvgIpc) is 2.92. The largest absolute Gasteiger partial charge is 0.352 e. The molecule has 1 aromatic rings. The van der Waals surface area contributed by atoms with Crippen molar-refractivity contribution in [2.24, 2.45) is 5.92 Å². The standard InChI is InChI=1S/C18H25N3O3/c1-13(2)20-16(22)11-19-18(24)15-10-17(23)21(12-15)9-8-14-6-4-3-5-7-14/h3-7,13,15H,8-12H2,1-2H3,(H,19,24)(H,20,22). The summed E-state index contributed by atoms with van der Waals surface area (Å²) in [6.45, 7) is 4.70. The van der Waals surface area contributed by atoms with E-state index in [9.17, 15) is 14.4 Å². The first-order valence-electron chi connectivity index (χ1n) is 8.34. The van der Waals surface area contributed by atoms with Gasteiger partial charge in [-0.1, -0.05) is 30.3 Å². The molecule has 1 atom stereocenters. The van der Waals surface area contributed by atoms with Crippen LogP contribution in [0, 0.1) is 5.92 Å². The third-order valence-electron chi connectivity index (χ3n) is 3.97. The fourth-order valence-corrected chi connectivity index (χ4v) is 2.76. The van der Waals surface area contributed by atoms with Crippen LogP contribution in [0.5, 0.6) is 0 Å². The molecule has 1 fully saturated rings. The molecule has 1 saturated heterocycles. The van der Waals surface area contributed by atoms with Crippen LogP contribution >= 0.6 is 0 Å². The smallest absolute Gasteiger partial charge is 0.239 e. The second-order valence-electron chi connectivity index (χ2n) is 6.42. The Labute approximate surface area is 142 Å². The van der Waals surface area contributed by atoms with E-state index >= 15 is 0 Å². The Balaban J connectivity index is 1.76. The Morgan fingerprint density at radius 3 is 2.62 bits per heavy atom. The zero-order valence-electron chi connectivity index (χ0n) is 14.2. The van der Waals surface area contributed by atoms with Crippen LogP contribution in [0.2, 0.25) is 0 Å². The first kappa shape index (κ1) is 18.0. The van der Waals surface area contributed by atoms with E-state index in [1.54, 1.807) is 4.90 Å². The number of nitrogens with zero attached hydrogens (tertiary/aromatic N) is 1. The number of carbonyl (C=O) groups is 3. The number of rotatable bonds is 7. The van der Waals surface area contributed by atoms with Crippen molar-refractivity contribution >= 4 is 17.7 Å². The molecule has 2 rings (SSSR count). The van der Waals surface area contributed by atoms with Gasteiger partial charge < -0.3 is 15.5 Å². The van der Waals surface area contributed by atoms with Crippen LogP contribution in [0.15, 0.2) is 30.3 Å². The van der Waals surface area contributed by atoms with Crippen molar-refractivity contribution in [3.63, 3.8) is 0 Å². The van der Waals surface area contributed by atoms with Crippen molar-refractivity contribution in [2.75, 3.05) is 19.6 Å². The highest BCUT2D eigenvalue weighted by Crippen LogP contribution is 2.18. The molecular formula is C18H25N3O3. The van der Waals surface area contributed by atoms with E-state index in [0.29, 0.717) is 13.1 Å². The van der Waals surface area contributed by atoms with Crippen molar-refractivity contribution in [1.29, 1.82) is 0 Å². The molecule has 3 amide bonds. The summed E-state index contributed by atoms with van der Waals surface area (Å²) < 4.78 is 0. The van der Waals surface area contributed by atoms with Crippen molar-refractivity contribution in [3.8, 4) is 0 Å². The van der Waals surface area contributed by atoms with E-state index < -0.39 is 0 Å². The van der Waals surface area contributed by atoms with Gasteiger partial charge in [0.15, 0.2) is 0 Å². The molecule has 24 heavy (non-hydrogen) atoms. The first-order valence-corrected chi connectivity index (χ1v) is 8.34. The van der Waals surface area contributed by atoms with Gasteiger partial charge in [-0.2, -0.15) is 0 Å². The third kappa shape index (κ3) is 5.37. The van der Waals surface area contributed by atoms with Crippen molar-refractivity contribution < 1.29 is 14.4 Å². The maximum atomic E-state index is 12.1. The summed E-state index contributed by atoms with van der Waals surface area (Å²) in [4.78, 5) is 37.5. The Kier molecular flexibility index (Phi) is 6.35. The van der Waals surface area contributed by atoms with Crippen molar-refractivity contribution in [2.45, 2.75) is 32.7 Å². The highest BCUT2D eigenvalue weighted by atomic mass is 16.2. The topological polar surface area (TPSA) is 78.5 Å². The highest BCUT2D eigenvalue weighted by molar-refractivity contribution is 5.91. The van der Waals surface area contributed by atoms with E-state index in [1.165, 1.54) is 5.56 Å². The molecular weight excluding hydrogens is 306 g/mol. The molecule has 1 heterocycles. The van der Waals surface area contributed by atoms with Crippen LogP contribution in [0.1, 0.15) is 25.8 Å². The number of benzene rings is 1. The lowest BCUT2D eigenvalue weighted by atomic mass is 10.1. The first-order chi connectivity index (χ1) is 11.5. The molecule has 6 nitrogen and oxygen atoms in total. The van der Waals surface area contributed by atoms with Gasteiger partial charge in [0, 0.05) is 25.6 Å². The van der Waals surface area contributed by atoms with Gasteiger partial charge in [0.2, 0.25) is 17.7 Å². The molecule has 1 unspecified atom stereocenters. The van der Waals surface area contributed by atoms with Crippen LogP contribution in [0.3, 0.4) is 0 Å². The lowest BCUT2D eigenvalue weighted by molar-refractivity contribution is -0.129. The summed E-state index contributed by atoms with van der Waals surface area (Å²) >= 11 is 0. The van der Waals surface area contributed by atoms with Gasteiger partial charge in [-0.25, -0.2) is 0 Å². The van der Waals surface area contributed by atoms with Crippen LogP contribution < -0.4 is 10.6 Å². The summed E-state index contributed by atoms with van der Waals surface area (Å²) in [5.74, 6) is -0.828. The predicted molar refractivity (Wildman–Crippen MR) is 91.1 cm³/mol. The summed E-state index contributed by atoms with van der Waals surface area (Å²) in [6.07, 6.45) is 0.990. The summed E-state index contributed by atoms with van der Waals surface area (Å²) in [5, 5.41) is 5.33. The third-order valence-corrected chi connectivity index (χ3v) is 3.97.